The normalized spacial score (nSPS) is 15.1. The number of aromatic carboxylic acids is 1. The van der Waals surface area contributed by atoms with Crippen LogP contribution < -0.4 is 4.72 Å². The van der Waals surface area contributed by atoms with Crippen LogP contribution in [-0.4, -0.2) is 26.0 Å². The molecular formula is C13H15BrClNO4S. The number of benzene rings is 1. The van der Waals surface area contributed by atoms with Crippen LogP contribution in [0.4, 0.5) is 0 Å². The topological polar surface area (TPSA) is 83.5 Å². The maximum Gasteiger partial charge on any atom is 0.337 e. The molecule has 0 spiro atoms. The number of hydrogen-bond donors (Lipinski definition) is 2. The third-order valence-electron chi connectivity index (χ3n) is 3.32. The molecule has 0 heterocycles. The molecule has 5 nitrogen and oxygen atoms in total. The summed E-state index contributed by atoms with van der Waals surface area (Å²) in [5, 5.41) is 9.02. The van der Waals surface area contributed by atoms with Crippen molar-refractivity contribution in [2.75, 3.05) is 6.54 Å². The lowest BCUT2D eigenvalue weighted by atomic mass is 10.2. The van der Waals surface area contributed by atoms with Crippen molar-refractivity contribution >= 4 is 43.5 Å². The number of rotatable bonds is 7. The molecule has 0 aromatic heterocycles. The van der Waals surface area contributed by atoms with Gasteiger partial charge in [-0.25, -0.2) is 17.9 Å². The summed E-state index contributed by atoms with van der Waals surface area (Å²) in [5.74, 6) is -0.524. The van der Waals surface area contributed by atoms with Crippen LogP contribution in [0.1, 0.15) is 36.0 Å². The fourth-order valence-corrected chi connectivity index (χ4v) is 3.89. The van der Waals surface area contributed by atoms with Crippen molar-refractivity contribution in [2.24, 2.45) is 5.92 Å². The lowest BCUT2D eigenvalue weighted by Crippen LogP contribution is -2.25. The van der Waals surface area contributed by atoms with Crippen LogP contribution in [-0.2, 0) is 10.0 Å². The highest BCUT2D eigenvalue weighted by Crippen LogP contribution is 2.33. The maximum atomic E-state index is 12.2. The summed E-state index contributed by atoms with van der Waals surface area (Å²) in [6, 6.07) is 2.37. The fourth-order valence-electron chi connectivity index (χ4n) is 1.96. The van der Waals surface area contributed by atoms with Gasteiger partial charge in [-0.3, -0.25) is 0 Å². The minimum Gasteiger partial charge on any atom is -0.478 e. The van der Waals surface area contributed by atoms with Crippen molar-refractivity contribution in [3.8, 4) is 0 Å². The number of sulfonamides is 1. The van der Waals surface area contributed by atoms with E-state index in [0.29, 0.717) is 6.54 Å². The molecule has 2 rings (SSSR count). The van der Waals surface area contributed by atoms with Crippen molar-refractivity contribution in [3.05, 3.63) is 27.2 Å². The minimum atomic E-state index is -3.74. The molecular weight excluding hydrogens is 382 g/mol. The van der Waals surface area contributed by atoms with Gasteiger partial charge in [0.05, 0.1) is 15.5 Å². The molecule has 0 atom stereocenters. The van der Waals surface area contributed by atoms with E-state index in [4.69, 9.17) is 16.7 Å². The molecule has 21 heavy (non-hydrogen) atoms. The van der Waals surface area contributed by atoms with Gasteiger partial charge in [0.25, 0.3) is 0 Å². The van der Waals surface area contributed by atoms with Crippen LogP contribution in [0.15, 0.2) is 21.5 Å². The molecule has 1 aliphatic rings. The molecule has 0 radical (unpaired) electrons. The zero-order valence-corrected chi connectivity index (χ0v) is 14.3. The minimum absolute atomic E-state index is 0.0183. The first-order chi connectivity index (χ1) is 9.81. The average molecular weight is 397 g/mol. The highest BCUT2D eigenvalue weighted by molar-refractivity contribution is 9.10. The van der Waals surface area contributed by atoms with Gasteiger partial charge in [0, 0.05) is 11.0 Å². The van der Waals surface area contributed by atoms with E-state index < -0.39 is 16.0 Å². The van der Waals surface area contributed by atoms with Crippen LogP contribution in [0.2, 0.25) is 5.02 Å². The van der Waals surface area contributed by atoms with Crippen LogP contribution in [0.25, 0.3) is 0 Å². The third kappa shape index (κ3) is 4.42. The Labute approximate surface area is 136 Å². The molecule has 1 aromatic carbocycles. The molecule has 0 aliphatic heterocycles. The average Bonchev–Trinajstić information content (AvgIpc) is 3.21. The Kier molecular flexibility index (Phi) is 5.29. The predicted octanol–water partition coefficient (Wildman–Crippen LogP) is 3.27. The quantitative estimate of drug-likeness (QED) is 0.693. The van der Waals surface area contributed by atoms with Gasteiger partial charge in [0.1, 0.15) is 0 Å². The second-order valence-corrected chi connectivity index (χ2v) is 8.05. The summed E-state index contributed by atoms with van der Waals surface area (Å²) >= 11 is 8.92. The second-order valence-electron chi connectivity index (χ2n) is 5.06. The van der Waals surface area contributed by atoms with Crippen LogP contribution in [0.5, 0.6) is 0 Å². The maximum absolute atomic E-state index is 12.2. The van der Waals surface area contributed by atoms with Gasteiger partial charge < -0.3 is 5.11 Å². The summed E-state index contributed by atoms with van der Waals surface area (Å²) in [7, 11) is -3.74. The first-order valence-corrected chi connectivity index (χ1v) is 9.18. The van der Waals surface area contributed by atoms with Crippen LogP contribution in [0.3, 0.4) is 0 Å². The van der Waals surface area contributed by atoms with Gasteiger partial charge in [-0.05, 0) is 46.8 Å². The van der Waals surface area contributed by atoms with Crippen LogP contribution in [0, 0.1) is 5.92 Å². The highest BCUT2D eigenvalue weighted by atomic mass is 79.9. The van der Waals surface area contributed by atoms with Gasteiger partial charge in [0.2, 0.25) is 10.0 Å². The molecule has 1 aromatic rings. The second kappa shape index (κ2) is 6.64. The van der Waals surface area contributed by atoms with E-state index in [1.165, 1.54) is 18.9 Å². The van der Waals surface area contributed by atoms with E-state index in [-0.39, 0.29) is 20.0 Å². The molecule has 1 saturated carbocycles. The Bertz CT molecular complexity index is 658. The SMILES string of the molecule is O=C(O)c1cc(S(=O)(=O)NCCCC2CC2)cc(Br)c1Cl. The summed E-state index contributed by atoms with van der Waals surface area (Å²) < 4.78 is 27.1. The van der Waals surface area contributed by atoms with Crippen molar-refractivity contribution in [1.82, 2.24) is 4.72 Å². The van der Waals surface area contributed by atoms with E-state index in [1.807, 2.05) is 0 Å². The molecule has 1 fully saturated rings. The number of carboxylic acids is 1. The smallest absolute Gasteiger partial charge is 0.337 e. The number of carbonyl (C=O) groups is 1. The summed E-state index contributed by atoms with van der Waals surface area (Å²) in [4.78, 5) is 11.0. The lowest BCUT2D eigenvalue weighted by Gasteiger charge is -2.09. The predicted molar refractivity (Wildman–Crippen MR) is 83.3 cm³/mol. The lowest BCUT2D eigenvalue weighted by molar-refractivity contribution is 0.0696. The van der Waals surface area contributed by atoms with E-state index in [2.05, 4.69) is 20.7 Å². The van der Waals surface area contributed by atoms with Crippen molar-refractivity contribution in [2.45, 2.75) is 30.6 Å². The zero-order chi connectivity index (χ0) is 15.6. The molecule has 0 bridgehead atoms. The Hall–Kier alpha value is -0.630. The Morgan fingerprint density at radius 3 is 2.67 bits per heavy atom. The molecule has 1 aliphatic carbocycles. The standard InChI is InChI=1S/C13H15BrClNO4S/c14-11-7-9(6-10(12(11)15)13(17)18)21(19,20)16-5-1-2-8-3-4-8/h6-8,16H,1-5H2,(H,17,18). The first kappa shape index (κ1) is 16.7. The largest absolute Gasteiger partial charge is 0.478 e. The number of hydrogen-bond acceptors (Lipinski definition) is 3. The van der Waals surface area contributed by atoms with E-state index in [1.54, 1.807) is 0 Å². The van der Waals surface area contributed by atoms with E-state index >= 15 is 0 Å². The molecule has 116 valence electrons. The summed E-state index contributed by atoms with van der Waals surface area (Å²) in [5.41, 5.74) is -0.246. The Balaban J connectivity index is 2.12. The van der Waals surface area contributed by atoms with Gasteiger partial charge >= 0.3 is 5.97 Å². The number of nitrogens with one attached hydrogen (secondary N) is 1. The highest BCUT2D eigenvalue weighted by Gasteiger charge is 2.22. The number of carboxylic acid groups (broad SMARTS) is 1. The monoisotopic (exact) mass is 395 g/mol. The summed E-state index contributed by atoms with van der Waals surface area (Å²) in [6.07, 6.45) is 4.27. The molecule has 2 N–H and O–H groups in total. The molecule has 0 unspecified atom stereocenters. The summed E-state index contributed by atoms with van der Waals surface area (Å²) in [6.45, 7) is 0.349. The number of halogens is 2. The van der Waals surface area contributed by atoms with Gasteiger partial charge in [-0.1, -0.05) is 24.4 Å². The van der Waals surface area contributed by atoms with Crippen molar-refractivity contribution in [3.63, 3.8) is 0 Å². The molecule has 8 heteroatoms. The fraction of sp³-hybridized carbons (Fsp3) is 0.462. The third-order valence-corrected chi connectivity index (χ3v) is 6.02. The van der Waals surface area contributed by atoms with Gasteiger partial charge in [-0.15, -0.1) is 0 Å². The van der Waals surface area contributed by atoms with E-state index in [9.17, 15) is 13.2 Å². The van der Waals surface area contributed by atoms with Gasteiger partial charge in [0.15, 0.2) is 0 Å². The zero-order valence-electron chi connectivity index (χ0n) is 11.1. The van der Waals surface area contributed by atoms with Gasteiger partial charge in [-0.2, -0.15) is 0 Å². The van der Waals surface area contributed by atoms with Crippen molar-refractivity contribution < 1.29 is 18.3 Å². The van der Waals surface area contributed by atoms with Crippen LogP contribution >= 0.6 is 27.5 Å². The van der Waals surface area contributed by atoms with E-state index in [0.717, 1.165) is 24.8 Å². The molecule has 0 amide bonds. The Morgan fingerprint density at radius 2 is 2.10 bits per heavy atom. The molecule has 0 saturated heterocycles. The Morgan fingerprint density at radius 1 is 1.43 bits per heavy atom. The first-order valence-electron chi connectivity index (χ1n) is 6.53. The van der Waals surface area contributed by atoms with Crippen molar-refractivity contribution in [1.29, 1.82) is 0 Å².